The molecule has 2 heterocycles. The first-order valence-corrected chi connectivity index (χ1v) is 12.6. The Bertz CT molecular complexity index is 1240. The third kappa shape index (κ3) is 2.64. The SMILES string of the molecule is COC(=O)C[C@H]1[C@]2(C)C3=C(C)[C@H](c4ccc(O)cc4)C[C@H]3O[C@@H]2[C@@H]2OC(=O)[C@]3(C)C=CC(=O)[C@@]1(C)[C@@H]23. The first-order valence-electron chi connectivity index (χ1n) is 12.6. The smallest absolute Gasteiger partial charge is 0.316 e. The van der Waals surface area contributed by atoms with Crippen molar-refractivity contribution in [2.45, 2.75) is 64.8 Å². The van der Waals surface area contributed by atoms with Crippen LogP contribution in [0.4, 0.5) is 0 Å². The molecular weight excluding hydrogens is 460 g/mol. The summed E-state index contributed by atoms with van der Waals surface area (Å²) in [6.45, 7) is 7.92. The van der Waals surface area contributed by atoms with Crippen molar-refractivity contribution in [3.63, 3.8) is 0 Å². The van der Waals surface area contributed by atoms with Crippen molar-refractivity contribution >= 4 is 17.7 Å². The van der Waals surface area contributed by atoms with E-state index in [0.29, 0.717) is 6.42 Å². The van der Waals surface area contributed by atoms with Crippen LogP contribution in [-0.2, 0) is 28.6 Å². The molecule has 2 aliphatic heterocycles. The number of ketones is 1. The van der Waals surface area contributed by atoms with Gasteiger partial charge in [0.15, 0.2) is 5.78 Å². The van der Waals surface area contributed by atoms with Crippen LogP contribution in [0.1, 0.15) is 52.0 Å². The summed E-state index contributed by atoms with van der Waals surface area (Å²) in [6.07, 6.45) is 2.69. The first-order chi connectivity index (χ1) is 17.0. The Morgan fingerprint density at radius 2 is 1.83 bits per heavy atom. The summed E-state index contributed by atoms with van der Waals surface area (Å²) in [5.74, 6) is -1.39. The molecule has 3 aliphatic carbocycles. The van der Waals surface area contributed by atoms with Crippen LogP contribution >= 0.6 is 0 Å². The molecule has 3 fully saturated rings. The quantitative estimate of drug-likeness (QED) is 0.505. The third-order valence-corrected chi connectivity index (χ3v) is 10.3. The minimum absolute atomic E-state index is 0.0454. The molecule has 1 saturated carbocycles. The molecule has 0 amide bonds. The van der Waals surface area contributed by atoms with Gasteiger partial charge in [-0.05, 0) is 55.5 Å². The van der Waals surface area contributed by atoms with Gasteiger partial charge in [0.25, 0.3) is 0 Å². The lowest BCUT2D eigenvalue weighted by Gasteiger charge is -2.59. The molecule has 0 radical (unpaired) electrons. The summed E-state index contributed by atoms with van der Waals surface area (Å²) >= 11 is 0. The molecule has 5 aliphatic rings. The summed E-state index contributed by atoms with van der Waals surface area (Å²) in [5, 5.41) is 9.77. The van der Waals surface area contributed by atoms with E-state index in [4.69, 9.17) is 14.2 Å². The Balaban J connectivity index is 1.55. The number of rotatable bonds is 3. The summed E-state index contributed by atoms with van der Waals surface area (Å²) in [6, 6.07) is 7.22. The molecule has 0 bridgehead atoms. The molecule has 7 nitrogen and oxygen atoms in total. The van der Waals surface area contributed by atoms with E-state index in [1.165, 1.54) is 13.2 Å². The lowest BCUT2D eigenvalue weighted by molar-refractivity contribution is -0.190. The Morgan fingerprint density at radius 3 is 2.50 bits per heavy atom. The minimum atomic E-state index is -1.01. The van der Waals surface area contributed by atoms with Crippen molar-refractivity contribution in [1.29, 1.82) is 0 Å². The van der Waals surface area contributed by atoms with Gasteiger partial charge in [0, 0.05) is 22.7 Å². The number of allylic oxidation sites excluding steroid dienone is 2. The van der Waals surface area contributed by atoms with E-state index in [1.807, 2.05) is 26.0 Å². The zero-order valence-electron chi connectivity index (χ0n) is 21.2. The van der Waals surface area contributed by atoms with Crippen molar-refractivity contribution in [2.24, 2.45) is 28.1 Å². The van der Waals surface area contributed by atoms with E-state index >= 15 is 0 Å². The fourth-order valence-corrected chi connectivity index (χ4v) is 8.64. The van der Waals surface area contributed by atoms with Gasteiger partial charge in [-0.3, -0.25) is 14.4 Å². The van der Waals surface area contributed by atoms with Gasteiger partial charge in [0.2, 0.25) is 0 Å². The molecule has 6 rings (SSSR count). The van der Waals surface area contributed by atoms with Gasteiger partial charge in [-0.25, -0.2) is 0 Å². The van der Waals surface area contributed by atoms with Crippen molar-refractivity contribution in [2.75, 3.05) is 7.11 Å². The number of hydrogen-bond donors (Lipinski definition) is 1. The first kappa shape index (κ1) is 23.5. The average Bonchev–Trinajstić information content (AvgIpc) is 3.43. The van der Waals surface area contributed by atoms with Crippen LogP contribution in [-0.4, -0.2) is 48.3 Å². The van der Waals surface area contributed by atoms with Gasteiger partial charge in [0.05, 0.1) is 25.0 Å². The monoisotopic (exact) mass is 492 g/mol. The molecule has 1 aromatic rings. The minimum Gasteiger partial charge on any atom is -0.508 e. The predicted octanol–water partition coefficient (Wildman–Crippen LogP) is 3.86. The van der Waals surface area contributed by atoms with Crippen LogP contribution < -0.4 is 0 Å². The molecule has 1 N–H and O–H groups in total. The zero-order chi connectivity index (χ0) is 25.8. The Morgan fingerprint density at radius 1 is 1.14 bits per heavy atom. The maximum atomic E-state index is 13.7. The Hall–Kier alpha value is -2.93. The number of phenols is 1. The predicted molar refractivity (Wildman–Crippen MR) is 129 cm³/mol. The fourth-order valence-electron chi connectivity index (χ4n) is 8.64. The van der Waals surface area contributed by atoms with Gasteiger partial charge in [0.1, 0.15) is 18.0 Å². The van der Waals surface area contributed by atoms with Gasteiger partial charge in [-0.2, -0.15) is 0 Å². The fraction of sp³-hybridized carbons (Fsp3) is 0.552. The van der Waals surface area contributed by atoms with Crippen LogP contribution in [0.25, 0.3) is 0 Å². The standard InChI is InChI=1S/C29H32O7/c1-14-17(15-6-8-16(30)9-7-15)12-18-22(14)29(4)19(13-21(32)34-5)28(3)20(31)10-11-27(2)24(28)23(25(29)35-18)36-26(27)33/h6-11,17-19,23-25,30H,12-13H2,1-5H3/t17-,18-,19-,23-,24+,25-,27-,28+,29-/m1/s1. The van der Waals surface area contributed by atoms with Crippen LogP contribution in [0.5, 0.6) is 5.75 Å². The van der Waals surface area contributed by atoms with Crippen molar-refractivity contribution in [1.82, 2.24) is 0 Å². The van der Waals surface area contributed by atoms with Crippen molar-refractivity contribution in [3.8, 4) is 5.75 Å². The normalized spacial score (nSPS) is 44.2. The molecule has 2 saturated heterocycles. The third-order valence-electron chi connectivity index (χ3n) is 10.3. The molecule has 0 aromatic heterocycles. The van der Waals surface area contributed by atoms with Crippen molar-refractivity contribution in [3.05, 3.63) is 53.1 Å². The van der Waals surface area contributed by atoms with Gasteiger partial charge >= 0.3 is 11.9 Å². The summed E-state index contributed by atoms with van der Waals surface area (Å²) in [7, 11) is 1.36. The molecule has 1 aromatic carbocycles. The number of hydrogen-bond acceptors (Lipinski definition) is 7. The second kappa shape index (κ2) is 7.31. The highest BCUT2D eigenvalue weighted by molar-refractivity contribution is 6.00. The molecule has 9 atom stereocenters. The van der Waals surface area contributed by atoms with E-state index < -0.39 is 40.3 Å². The molecule has 0 unspecified atom stereocenters. The molecule has 190 valence electrons. The van der Waals surface area contributed by atoms with Crippen LogP contribution in [0.3, 0.4) is 0 Å². The highest BCUT2D eigenvalue weighted by atomic mass is 16.6. The highest BCUT2D eigenvalue weighted by Crippen LogP contribution is 2.72. The highest BCUT2D eigenvalue weighted by Gasteiger charge is 2.77. The number of aromatic hydroxyl groups is 1. The van der Waals surface area contributed by atoms with E-state index in [1.54, 1.807) is 18.2 Å². The summed E-state index contributed by atoms with van der Waals surface area (Å²) < 4.78 is 17.9. The van der Waals surface area contributed by atoms with Crippen LogP contribution in [0.15, 0.2) is 47.6 Å². The summed E-state index contributed by atoms with van der Waals surface area (Å²) in [5.41, 5.74) is 0.655. The second-order valence-electron chi connectivity index (χ2n) is 11.7. The zero-order valence-corrected chi connectivity index (χ0v) is 21.2. The lowest BCUT2D eigenvalue weighted by atomic mass is 9.42. The van der Waals surface area contributed by atoms with Crippen LogP contribution in [0.2, 0.25) is 0 Å². The number of carbonyl (C=O) groups is 3. The second-order valence-corrected chi connectivity index (χ2v) is 11.7. The average molecular weight is 493 g/mol. The maximum absolute atomic E-state index is 13.7. The van der Waals surface area contributed by atoms with Gasteiger partial charge in [-0.15, -0.1) is 0 Å². The Labute approximate surface area is 210 Å². The maximum Gasteiger partial charge on any atom is 0.316 e. The number of benzene rings is 1. The van der Waals surface area contributed by atoms with E-state index in [9.17, 15) is 19.5 Å². The Kier molecular flexibility index (Phi) is 4.77. The number of carbonyl (C=O) groups excluding carboxylic acids is 3. The number of methoxy groups -OCH3 is 1. The number of phenolic OH excluding ortho intramolecular Hbond substituents is 1. The molecular formula is C29H32O7. The number of ether oxygens (including phenoxy) is 3. The van der Waals surface area contributed by atoms with E-state index in [0.717, 1.165) is 16.7 Å². The van der Waals surface area contributed by atoms with Crippen LogP contribution in [0, 0.1) is 28.1 Å². The number of esters is 2. The van der Waals surface area contributed by atoms with Crippen molar-refractivity contribution < 1.29 is 33.7 Å². The largest absolute Gasteiger partial charge is 0.508 e. The summed E-state index contributed by atoms with van der Waals surface area (Å²) in [4.78, 5) is 39.8. The van der Waals surface area contributed by atoms with E-state index in [-0.39, 0.29) is 41.9 Å². The molecule has 0 spiro atoms. The van der Waals surface area contributed by atoms with E-state index in [2.05, 4.69) is 13.8 Å². The molecule has 36 heavy (non-hydrogen) atoms. The molecule has 7 heteroatoms. The topological polar surface area (TPSA) is 99.1 Å². The van der Waals surface area contributed by atoms with Gasteiger partial charge < -0.3 is 19.3 Å². The number of fused-ring (bicyclic) bond motifs is 4. The lowest BCUT2D eigenvalue weighted by Crippen LogP contribution is -2.66. The van der Waals surface area contributed by atoms with Gasteiger partial charge in [-0.1, -0.05) is 37.6 Å².